The number of rotatable bonds is 4. The highest BCUT2D eigenvalue weighted by molar-refractivity contribution is 5.98. The monoisotopic (exact) mass is 384 g/mol. The first-order valence-electron chi connectivity index (χ1n) is 10.3. The molecule has 28 heavy (non-hydrogen) atoms. The summed E-state index contributed by atoms with van der Waals surface area (Å²) in [5.41, 5.74) is 0.860. The van der Waals surface area contributed by atoms with Gasteiger partial charge in [0.1, 0.15) is 6.54 Å². The maximum Gasteiger partial charge on any atom is 0.246 e. The number of hydrogen-bond donors (Lipinski definition) is 1. The van der Waals surface area contributed by atoms with Crippen molar-refractivity contribution in [3.05, 3.63) is 30.3 Å². The van der Waals surface area contributed by atoms with Crippen LogP contribution in [-0.2, 0) is 14.4 Å². The van der Waals surface area contributed by atoms with Crippen molar-refractivity contribution in [2.24, 2.45) is 0 Å². The van der Waals surface area contributed by atoms with Crippen LogP contribution in [0.2, 0.25) is 0 Å². The van der Waals surface area contributed by atoms with E-state index in [1.807, 2.05) is 30.3 Å². The predicted molar refractivity (Wildman–Crippen MR) is 106 cm³/mol. The Bertz CT molecular complexity index is 732. The van der Waals surface area contributed by atoms with Crippen molar-refractivity contribution in [1.29, 1.82) is 0 Å². The molecule has 1 saturated carbocycles. The van der Waals surface area contributed by atoms with E-state index in [1.54, 1.807) is 9.80 Å². The fraction of sp³-hybridized carbons (Fsp3) is 0.571. The minimum atomic E-state index is -0.411. The molecule has 2 saturated heterocycles. The van der Waals surface area contributed by atoms with Crippen molar-refractivity contribution in [2.45, 2.75) is 44.2 Å². The van der Waals surface area contributed by atoms with Crippen LogP contribution in [-0.4, -0.2) is 72.3 Å². The summed E-state index contributed by atoms with van der Waals surface area (Å²) in [7, 11) is 0. The lowest BCUT2D eigenvalue weighted by Crippen LogP contribution is -2.60. The molecule has 3 amide bonds. The first kappa shape index (κ1) is 18.9. The van der Waals surface area contributed by atoms with Gasteiger partial charge in [0.15, 0.2) is 0 Å². The summed E-state index contributed by atoms with van der Waals surface area (Å²) in [4.78, 5) is 43.5. The van der Waals surface area contributed by atoms with E-state index in [2.05, 4.69) is 10.2 Å². The number of para-hydroxylation sites is 1. The molecule has 2 heterocycles. The van der Waals surface area contributed by atoms with Gasteiger partial charge in [-0.05, 0) is 25.0 Å². The molecule has 3 fully saturated rings. The van der Waals surface area contributed by atoms with Crippen molar-refractivity contribution >= 4 is 23.4 Å². The molecule has 7 heteroatoms. The maximum absolute atomic E-state index is 12.9. The summed E-state index contributed by atoms with van der Waals surface area (Å²) in [6.07, 6.45) is 4.75. The lowest BCUT2D eigenvalue weighted by Gasteiger charge is -2.40. The number of anilines is 1. The average molecular weight is 384 g/mol. The Morgan fingerprint density at radius 2 is 1.79 bits per heavy atom. The largest absolute Gasteiger partial charge is 0.353 e. The highest BCUT2D eigenvalue weighted by Gasteiger charge is 2.38. The summed E-state index contributed by atoms with van der Waals surface area (Å²) >= 11 is 0. The van der Waals surface area contributed by atoms with E-state index in [1.165, 1.54) is 12.8 Å². The number of carbonyl (C=O) groups is 3. The van der Waals surface area contributed by atoms with Crippen LogP contribution in [0.4, 0.5) is 5.69 Å². The minimum absolute atomic E-state index is 0.0549. The zero-order valence-corrected chi connectivity index (χ0v) is 16.2. The fourth-order valence-electron chi connectivity index (χ4n) is 4.68. The number of nitrogens with one attached hydrogen (secondary N) is 1. The van der Waals surface area contributed by atoms with Gasteiger partial charge in [0.25, 0.3) is 0 Å². The van der Waals surface area contributed by atoms with E-state index in [0.717, 1.165) is 25.1 Å². The average Bonchev–Trinajstić information content (AvgIpc) is 3.24. The summed E-state index contributed by atoms with van der Waals surface area (Å²) in [5, 5.41) is 2.90. The van der Waals surface area contributed by atoms with E-state index < -0.39 is 6.04 Å². The Kier molecular flexibility index (Phi) is 5.62. The Morgan fingerprint density at radius 1 is 1.04 bits per heavy atom. The van der Waals surface area contributed by atoms with Crippen molar-refractivity contribution in [3.63, 3.8) is 0 Å². The molecule has 1 N–H and O–H groups in total. The van der Waals surface area contributed by atoms with Crippen LogP contribution in [0.25, 0.3) is 0 Å². The van der Waals surface area contributed by atoms with Crippen LogP contribution in [0, 0.1) is 0 Å². The Morgan fingerprint density at radius 3 is 2.50 bits per heavy atom. The minimum Gasteiger partial charge on any atom is -0.353 e. The number of nitrogens with zero attached hydrogens (tertiary/aromatic N) is 3. The van der Waals surface area contributed by atoms with Crippen LogP contribution >= 0.6 is 0 Å². The van der Waals surface area contributed by atoms with Crippen molar-refractivity contribution < 1.29 is 14.4 Å². The van der Waals surface area contributed by atoms with E-state index in [-0.39, 0.29) is 30.7 Å². The molecule has 4 rings (SSSR count). The van der Waals surface area contributed by atoms with Crippen LogP contribution in [0.15, 0.2) is 30.3 Å². The van der Waals surface area contributed by atoms with Gasteiger partial charge in [-0.15, -0.1) is 0 Å². The molecule has 2 aliphatic heterocycles. The highest BCUT2D eigenvalue weighted by Crippen LogP contribution is 2.27. The highest BCUT2D eigenvalue weighted by atomic mass is 16.2. The lowest BCUT2D eigenvalue weighted by atomic mass is 10.0. The third-order valence-corrected chi connectivity index (χ3v) is 6.18. The van der Waals surface area contributed by atoms with Crippen LogP contribution in [0.3, 0.4) is 0 Å². The molecular weight excluding hydrogens is 356 g/mol. The molecule has 0 radical (unpaired) electrons. The van der Waals surface area contributed by atoms with E-state index >= 15 is 0 Å². The van der Waals surface area contributed by atoms with Gasteiger partial charge in [-0.3, -0.25) is 19.3 Å². The van der Waals surface area contributed by atoms with Gasteiger partial charge in [-0.25, -0.2) is 0 Å². The molecule has 0 bridgehead atoms. The second-order valence-electron chi connectivity index (χ2n) is 7.88. The second-order valence-corrected chi connectivity index (χ2v) is 7.88. The van der Waals surface area contributed by atoms with Crippen LogP contribution in [0.1, 0.15) is 32.1 Å². The third kappa shape index (κ3) is 3.90. The molecule has 1 aromatic carbocycles. The molecule has 7 nitrogen and oxygen atoms in total. The number of piperazine rings is 2. The molecule has 0 aromatic heterocycles. The van der Waals surface area contributed by atoms with Crippen LogP contribution in [0.5, 0.6) is 0 Å². The van der Waals surface area contributed by atoms with Gasteiger partial charge in [-0.1, -0.05) is 31.0 Å². The van der Waals surface area contributed by atoms with E-state index in [9.17, 15) is 14.4 Å². The smallest absolute Gasteiger partial charge is 0.246 e. The van der Waals surface area contributed by atoms with Gasteiger partial charge in [-0.2, -0.15) is 0 Å². The second kappa shape index (κ2) is 8.31. The van der Waals surface area contributed by atoms with Gasteiger partial charge in [0, 0.05) is 37.9 Å². The van der Waals surface area contributed by atoms with E-state index in [0.29, 0.717) is 25.7 Å². The topological polar surface area (TPSA) is 73.0 Å². The standard InChI is InChI=1S/C21H28N4O3/c26-19(14-18-21(28)22-10-11-24(18)16-8-4-5-9-16)23-12-13-25(20(27)15-23)17-6-2-1-3-7-17/h1-3,6-7,16,18H,4-5,8-15H2,(H,22,28). The van der Waals surface area contributed by atoms with Crippen molar-refractivity contribution in [1.82, 2.24) is 15.1 Å². The molecular formula is C21H28N4O3. The van der Waals surface area contributed by atoms with Gasteiger partial charge in [0.2, 0.25) is 17.7 Å². The Hall–Kier alpha value is -2.41. The number of carbonyl (C=O) groups excluding carboxylic acids is 3. The SMILES string of the molecule is O=C1NCCN(C2CCCC2)C1CC(=O)N1CCN(c2ccccc2)C(=O)C1. The summed E-state index contributed by atoms with van der Waals surface area (Å²) in [5.74, 6) is -0.238. The number of hydrogen-bond acceptors (Lipinski definition) is 4. The Balaban J connectivity index is 1.39. The third-order valence-electron chi connectivity index (χ3n) is 6.18. The predicted octanol–water partition coefficient (Wildman–Crippen LogP) is 0.995. The van der Waals surface area contributed by atoms with Gasteiger partial charge < -0.3 is 15.1 Å². The summed E-state index contributed by atoms with van der Waals surface area (Å²) in [6, 6.07) is 9.52. The maximum atomic E-state index is 12.9. The van der Waals surface area contributed by atoms with Crippen LogP contribution < -0.4 is 10.2 Å². The molecule has 1 atom stereocenters. The van der Waals surface area contributed by atoms with E-state index in [4.69, 9.17) is 0 Å². The first-order valence-corrected chi connectivity index (χ1v) is 10.3. The Labute approximate surface area is 165 Å². The fourth-order valence-corrected chi connectivity index (χ4v) is 4.68. The molecule has 1 aliphatic carbocycles. The lowest BCUT2D eigenvalue weighted by molar-refractivity contribution is -0.142. The summed E-state index contributed by atoms with van der Waals surface area (Å²) in [6.45, 7) is 2.50. The molecule has 1 aromatic rings. The number of benzene rings is 1. The zero-order chi connectivity index (χ0) is 19.5. The first-order chi connectivity index (χ1) is 13.6. The quantitative estimate of drug-likeness (QED) is 0.841. The molecule has 0 spiro atoms. The number of amides is 3. The normalized spacial score (nSPS) is 24.5. The van der Waals surface area contributed by atoms with Gasteiger partial charge >= 0.3 is 0 Å². The zero-order valence-electron chi connectivity index (χ0n) is 16.2. The van der Waals surface area contributed by atoms with Gasteiger partial charge in [0.05, 0.1) is 12.5 Å². The van der Waals surface area contributed by atoms with Crippen molar-refractivity contribution in [2.75, 3.05) is 37.6 Å². The molecule has 3 aliphatic rings. The molecule has 1 unspecified atom stereocenters. The van der Waals surface area contributed by atoms with Crippen molar-refractivity contribution in [3.8, 4) is 0 Å². The molecule has 150 valence electrons. The summed E-state index contributed by atoms with van der Waals surface area (Å²) < 4.78 is 0.